The Hall–Kier alpha value is -2.63. The monoisotopic (exact) mass is 453 g/mol. The van der Waals surface area contributed by atoms with Crippen molar-refractivity contribution in [3.63, 3.8) is 0 Å². The largest absolute Gasteiger partial charge is 0.490 e. The van der Waals surface area contributed by atoms with Gasteiger partial charge >= 0.3 is 6.09 Å². The maximum absolute atomic E-state index is 12.4. The third-order valence-corrected chi connectivity index (χ3v) is 5.97. The Balaban J connectivity index is 1.52. The first-order chi connectivity index (χ1) is 15.7. The number of amides is 1. The minimum Gasteiger partial charge on any atom is -0.490 e. The van der Waals surface area contributed by atoms with Gasteiger partial charge in [0, 0.05) is 31.0 Å². The molecular weight excluding hydrogens is 414 g/mol. The topological polar surface area (TPSA) is 64.6 Å². The zero-order valence-corrected chi connectivity index (χ0v) is 20.8. The third-order valence-electron chi connectivity index (χ3n) is 5.97. The molecule has 1 amide bonds. The van der Waals surface area contributed by atoms with Crippen LogP contribution >= 0.6 is 0 Å². The standard InChI is InChI=1S/C27H39N3O3/c1-7-20(21-14-16-30(18-21)26(31)33-27(4,5)6)11-8-9-12-22-17-24(32-19(2)3)23-13-10-15-28-25(23)29-22/h7,10,13,15,17,19-21H,1,8-9,11-12,14,16,18H2,2-6H3/t20?,21-/m1/s1. The molecule has 0 N–H and O–H groups in total. The predicted octanol–water partition coefficient (Wildman–Crippen LogP) is 6.19. The van der Waals surface area contributed by atoms with Crippen molar-refractivity contribution in [2.75, 3.05) is 13.1 Å². The number of nitrogens with zero attached hydrogens (tertiary/aromatic N) is 3. The molecule has 6 heteroatoms. The van der Waals surface area contributed by atoms with Crippen LogP contribution in [0.5, 0.6) is 5.75 Å². The van der Waals surface area contributed by atoms with E-state index in [-0.39, 0.29) is 12.2 Å². The third kappa shape index (κ3) is 7.18. The summed E-state index contributed by atoms with van der Waals surface area (Å²) in [6.45, 7) is 15.4. The van der Waals surface area contributed by atoms with E-state index in [2.05, 4.69) is 23.7 Å². The molecule has 0 aromatic carbocycles. The van der Waals surface area contributed by atoms with E-state index in [9.17, 15) is 4.79 Å². The summed E-state index contributed by atoms with van der Waals surface area (Å²) in [5.74, 6) is 1.71. The van der Waals surface area contributed by atoms with Crippen LogP contribution in [0.25, 0.3) is 11.0 Å². The van der Waals surface area contributed by atoms with Gasteiger partial charge < -0.3 is 14.4 Å². The van der Waals surface area contributed by atoms with Crippen molar-refractivity contribution in [1.82, 2.24) is 14.9 Å². The van der Waals surface area contributed by atoms with Gasteiger partial charge in [-0.25, -0.2) is 14.8 Å². The van der Waals surface area contributed by atoms with Crippen molar-refractivity contribution in [2.24, 2.45) is 11.8 Å². The number of carbonyl (C=O) groups is 1. The number of allylic oxidation sites excluding steroid dienone is 1. The molecule has 33 heavy (non-hydrogen) atoms. The highest BCUT2D eigenvalue weighted by molar-refractivity contribution is 5.81. The first kappa shape index (κ1) is 25.0. The van der Waals surface area contributed by atoms with E-state index in [0.29, 0.717) is 11.8 Å². The molecule has 1 aliphatic heterocycles. The molecule has 2 aromatic heterocycles. The summed E-state index contributed by atoms with van der Waals surface area (Å²) in [5.41, 5.74) is 1.30. The maximum atomic E-state index is 12.4. The summed E-state index contributed by atoms with van der Waals surface area (Å²) >= 11 is 0. The van der Waals surface area contributed by atoms with Gasteiger partial charge in [0.2, 0.25) is 0 Å². The number of fused-ring (bicyclic) bond motifs is 1. The molecule has 0 bridgehead atoms. The van der Waals surface area contributed by atoms with Gasteiger partial charge in [-0.3, -0.25) is 0 Å². The van der Waals surface area contributed by atoms with E-state index in [1.807, 2.05) is 51.7 Å². The van der Waals surface area contributed by atoms with Crippen LogP contribution < -0.4 is 4.74 Å². The van der Waals surface area contributed by atoms with Crippen molar-refractivity contribution >= 4 is 17.1 Å². The molecule has 3 rings (SSSR count). The van der Waals surface area contributed by atoms with Gasteiger partial charge in [0.15, 0.2) is 5.65 Å². The molecule has 0 spiro atoms. The zero-order chi connectivity index (χ0) is 24.0. The summed E-state index contributed by atoms with van der Waals surface area (Å²) in [4.78, 5) is 23.4. The molecule has 3 heterocycles. The second-order valence-electron chi connectivity index (χ2n) is 10.3. The lowest BCUT2D eigenvalue weighted by Crippen LogP contribution is -2.35. The molecule has 0 radical (unpaired) electrons. The molecule has 6 nitrogen and oxygen atoms in total. The zero-order valence-electron chi connectivity index (χ0n) is 20.8. The van der Waals surface area contributed by atoms with Crippen LogP contribution in [0.2, 0.25) is 0 Å². The first-order valence-electron chi connectivity index (χ1n) is 12.2. The molecule has 1 fully saturated rings. The Morgan fingerprint density at radius 3 is 2.82 bits per heavy atom. The molecule has 0 saturated carbocycles. The molecule has 180 valence electrons. The van der Waals surface area contributed by atoms with Crippen molar-refractivity contribution in [3.8, 4) is 5.75 Å². The summed E-state index contributed by atoms with van der Waals surface area (Å²) in [7, 11) is 0. The second kappa shape index (κ2) is 11.0. The summed E-state index contributed by atoms with van der Waals surface area (Å²) in [6.07, 6.45) is 8.82. The van der Waals surface area contributed by atoms with Crippen molar-refractivity contribution < 1.29 is 14.3 Å². The fourth-order valence-corrected chi connectivity index (χ4v) is 4.42. The lowest BCUT2D eigenvalue weighted by molar-refractivity contribution is 0.0285. The minimum absolute atomic E-state index is 0.101. The number of hydrogen-bond acceptors (Lipinski definition) is 5. The Morgan fingerprint density at radius 1 is 1.33 bits per heavy atom. The van der Waals surface area contributed by atoms with Gasteiger partial charge in [0.1, 0.15) is 11.4 Å². The summed E-state index contributed by atoms with van der Waals surface area (Å²) < 4.78 is 11.6. The Kier molecular flexibility index (Phi) is 8.33. The van der Waals surface area contributed by atoms with Crippen LogP contribution in [0, 0.1) is 11.8 Å². The SMILES string of the molecule is C=CC(CCCCc1cc(OC(C)C)c2cccnc2n1)[C@@H]1CCN(C(=O)OC(C)(C)C)C1. The molecule has 1 unspecified atom stereocenters. The van der Waals surface area contributed by atoms with Crippen LogP contribution in [-0.4, -0.2) is 45.8 Å². The van der Waals surface area contributed by atoms with E-state index < -0.39 is 5.60 Å². The number of hydrogen-bond donors (Lipinski definition) is 0. The van der Waals surface area contributed by atoms with Crippen LogP contribution in [0.1, 0.15) is 66.0 Å². The second-order valence-corrected chi connectivity index (χ2v) is 10.3. The van der Waals surface area contributed by atoms with Gasteiger partial charge in [-0.05, 0) is 84.3 Å². The van der Waals surface area contributed by atoms with Crippen LogP contribution in [-0.2, 0) is 11.2 Å². The van der Waals surface area contributed by atoms with Gasteiger partial charge in [-0.1, -0.05) is 12.5 Å². The van der Waals surface area contributed by atoms with Crippen molar-refractivity contribution in [2.45, 2.75) is 78.4 Å². The van der Waals surface area contributed by atoms with Gasteiger partial charge in [-0.2, -0.15) is 0 Å². The number of ether oxygens (including phenoxy) is 2. The highest BCUT2D eigenvalue weighted by atomic mass is 16.6. The van der Waals surface area contributed by atoms with Crippen molar-refractivity contribution in [1.29, 1.82) is 0 Å². The number of aromatic nitrogens is 2. The Labute approximate surface area is 198 Å². The Morgan fingerprint density at radius 2 is 2.12 bits per heavy atom. The van der Waals surface area contributed by atoms with Crippen LogP contribution in [0.3, 0.4) is 0 Å². The van der Waals surface area contributed by atoms with E-state index in [4.69, 9.17) is 14.5 Å². The molecule has 1 saturated heterocycles. The number of rotatable bonds is 9. The Bertz CT molecular complexity index is 951. The average molecular weight is 454 g/mol. The van der Waals surface area contributed by atoms with Crippen LogP contribution in [0.15, 0.2) is 37.1 Å². The average Bonchev–Trinajstić information content (AvgIpc) is 3.22. The summed E-state index contributed by atoms with van der Waals surface area (Å²) in [6, 6.07) is 5.98. The number of aryl methyl sites for hydroxylation is 1. The number of unbranched alkanes of at least 4 members (excludes halogenated alkanes) is 1. The van der Waals surface area contributed by atoms with E-state index in [1.165, 1.54) is 0 Å². The molecule has 0 aliphatic carbocycles. The lowest BCUT2D eigenvalue weighted by atomic mass is 9.87. The summed E-state index contributed by atoms with van der Waals surface area (Å²) in [5, 5.41) is 0.956. The quantitative estimate of drug-likeness (QED) is 0.335. The number of carbonyl (C=O) groups excluding carboxylic acids is 1. The number of pyridine rings is 2. The fourth-order valence-electron chi connectivity index (χ4n) is 4.42. The molecular formula is C27H39N3O3. The van der Waals surface area contributed by atoms with E-state index in [1.54, 1.807) is 6.20 Å². The highest BCUT2D eigenvalue weighted by Crippen LogP contribution is 2.30. The maximum Gasteiger partial charge on any atom is 0.410 e. The molecule has 2 aromatic rings. The predicted molar refractivity (Wildman–Crippen MR) is 132 cm³/mol. The lowest BCUT2D eigenvalue weighted by Gasteiger charge is -2.25. The first-order valence-corrected chi connectivity index (χ1v) is 12.2. The van der Waals surface area contributed by atoms with Gasteiger partial charge in [0.05, 0.1) is 11.5 Å². The highest BCUT2D eigenvalue weighted by Gasteiger charge is 2.32. The van der Waals surface area contributed by atoms with Crippen molar-refractivity contribution in [3.05, 3.63) is 42.7 Å². The van der Waals surface area contributed by atoms with E-state index in [0.717, 1.165) is 67.7 Å². The molecule has 1 aliphatic rings. The van der Waals surface area contributed by atoms with Gasteiger partial charge in [-0.15, -0.1) is 6.58 Å². The smallest absolute Gasteiger partial charge is 0.410 e. The van der Waals surface area contributed by atoms with Crippen LogP contribution in [0.4, 0.5) is 4.79 Å². The van der Waals surface area contributed by atoms with Gasteiger partial charge in [0.25, 0.3) is 0 Å². The molecule has 2 atom stereocenters. The fraction of sp³-hybridized carbons (Fsp3) is 0.593. The number of likely N-dealkylation sites (tertiary alicyclic amines) is 1. The van der Waals surface area contributed by atoms with E-state index >= 15 is 0 Å². The normalized spacial score (nSPS) is 17.4. The minimum atomic E-state index is -0.459.